The topological polar surface area (TPSA) is 0 Å². The van der Waals surface area contributed by atoms with E-state index in [9.17, 15) is 0 Å². The number of rotatable bonds is 2. The molecule has 0 saturated heterocycles. The fourth-order valence-corrected chi connectivity index (χ4v) is 4.56. The lowest BCUT2D eigenvalue weighted by atomic mass is 9.95. The molecule has 0 nitrogen and oxygen atoms in total. The first-order valence-corrected chi connectivity index (χ1v) is 9.33. The van der Waals surface area contributed by atoms with Gasteiger partial charge < -0.3 is 0 Å². The minimum Gasteiger partial charge on any atom is -0.143 e. The number of thiophene rings is 1. The van der Waals surface area contributed by atoms with Crippen LogP contribution in [0.2, 0.25) is 0 Å². The summed E-state index contributed by atoms with van der Waals surface area (Å²) in [7, 11) is 0. The monoisotopic (exact) mass is 336 g/mol. The molecule has 4 aromatic carbocycles. The van der Waals surface area contributed by atoms with E-state index < -0.39 is 0 Å². The Hall–Kier alpha value is -2.90. The van der Waals surface area contributed by atoms with Crippen LogP contribution in [0, 0.1) is 0 Å². The molecule has 0 radical (unpaired) electrons. The Morgan fingerprint density at radius 1 is 0.440 bits per heavy atom. The second-order valence-corrected chi connectivity index (χ2v) is 7.13. The molecule has 0 saturated carbocycles. The summed E-state index contributed by atoms with van der Waals surface area (Å²) in [5.41, 5.74) is 3.94. The third-order valence-electron chi connectivity index (χ3n) is 4.78. The van der Waals surface area contributed by atoms with Gasteiger partial charge in [-0.15, -0.1) is 11.3 Å². The highest BCUT2D eigenvalue weighted by atomic mass is 32.1. The Morgan fingerprint density at radius 2 is 1.00 bits per heavy atom. The molecule has 0 bridgehead atoms. The van der Waals surface area contributed by atoms with Gasteiger partial charge in [-0.25, -0.2) is 0 Å². The molecule has 5 rings (SSSR count). The molecule has 118 valence electrons. The maximum absolute atomic E-state index is 2.25. The van der Waals surface area contributed by atoms with Crippen LogP contribution in [0.15, 0.2) is 96.4 Å². The Bertz CT molecular complexity index is 1090. The Morgan fingerprint density at radius 3 is 1.72 bits per heavy atom. The molecule has 0 spiro atoms. The van der Waals surface area contributed by atoms with Gasteiger partial charge in [0, 0.05) is 16.0 Å². The minimum atomic E-state index is 1.29. The highest BCUT2D eigenvalue weighted by molar-refractivity contribution is 7.14. The van der Waals surface area contributed by atoms with Gasteiger partial charge in [0.1, 0.15) is 0 Å². The summed E-state index contributed by atoms with van der Waals surface area (Å²) in [5.74, 6) is 0. The lowest BCUT2D eigenvalue weighted by Gasteiger charge is -2.10. The van der Waals surface area contributed by atoms with Crippen LogP contribution >= 0.6 is 11.3 Å². The normalized spacial score (nSPS) is 11.2. The zero-order chi connectivity index (χ0) is 16.6. The van der Waals surface area contributed by atoms with Crippen LogP contribution in [0.4, 0.5) is 0 Å². The molecular formula is C24H16S. The van der Waals surface area contributed by atoms with Crippen molar-refractivity contribution in [3.8, 4) is 21.6 Å². The van der Waals surface area contributed by atoms with Crippen LogP contribution in [-0.2, 0) is 0 Å². The smallest absolute Gasteiger partial charge is 0.0427 e. The molecule has 0 fully saturated rings. The van der Waals surface area contributed by atoms with Crippen molar-refractivity contribution < 1.29 is 0 Å². The summed E-state index contributed by atoms with van der Waals surface area (Å²) in [6.07, 6.45) is 0. The van der Waals surface area contributed by atoms with Crippen molar-refractivity contribution in [3.05, 3.63) is 96.4 Å². The van der Waals surface area contributed by atoms with Gasteiger partial charge in [-0.05, 0) is 38.6 Å². The van der Waals surface area contributed by atoms with Crippen LogP contribution in [-0.4, -0.2) is 0 Å². The minimum absolute atomic E-state index is 1.29. The molecule has 1 heteroatoms. The number of benzene rings is 4. The van der Waals surface area contributed by atoms with E-state index in [-0.39, 0.29) is 0 Å². The fraction of sp³-hybridized carbons (Fsp3) is 0. The summed E-state index contributed by atoms with van der Waals surface area (Å²) in [4.78, 5) is 1.34. The average molecular weight is 336 g/mol. The molecule has 5 aromatic rings. The van der Waals surface area contributed by atoms with Crippen molar-refractivity contribution in [3.63, 3.8) is 0 Å². The van der Waals surface area contributed by atoms with Gasteiger partial charge in [-0.3, -0.25) is 0 Å². The van der Waals surface area contributed by atoms with E-state index in [1.54, 1.807) is 0 Å². The van der Waals surface area contributed by atoms with Gasteiger partial charge in [0.2, 0.25) is 0 Å². The van der Waals surface area contributed by atoms with Gasteiger partial charge >= 0.3 is 0 Å². The van der Waals surface area contributed by atoms with Gasteiger partial charge in [-0.2, -0.15) is 0 Å². The van der Waals surface area contributed by atoms with E-state index in [0.29, 0.717) is 0 Å². The van der Waals surface area contributed by atoms with Crippen molar-refractivity contribution in [2.24, 2.45) is 0 Å². The van der Waals surface area contributed by atoms with Crippen molar-refractivity contribution in [1.29, 1.82) is 0 Å². The van der Waals surface area contributed by atoms with Gasteiger partial charge in [0.25, 0.3) is 0 Å². The van der Waals surface area contributed by atoms with Crippen LogP contribution in [0.5, 0.6) is 0 Å². The molecule has 25 heavy (non-hydrogen) atoms. The maximum atomic E-state index is 2.25. The fourth-order valence-electron chi connectivity index (χ4n) is 3.61. The lowest BCUT2D eigenvalue weighted by Crippen LogP contribution is -1.84. The predicted molar refractivity (Wildman–Crippen MR) is 110 cm³/mol. The average Bonchev–Trinajstić information content (AvgIpc) is 3.16. The zero-order valence-corrected chi connectivity index (χ0v) is 14.5. The first kappa shape index (κ1) is 14.4. The van der Waals surface area contributed by atoms with Crippen LogP contribution in [0.1, 0.15) is 0 Å². The van der Waals surface area contributed by atoms with E-state index in [4.69, 9.17) is 0 Å². The first-order valence-electron chi connectivity index (χ1n) is 8.45. The van der Waals surface area contributed by atoms with Crippen LogP contribution in [0.25, 0.3) is 43.1 Å². The van der Waals surface area contributed by atoms with Gasteiger partial charge in [-0.1, -0.05) is 84.9 Å². The van der Waals surface area contributed by atoms with Gasteiger partial charge in [0.05, 0.1) is 0 Å². The Labute approximate surface area is 151 Å². The lowest BCUT2D eigenvalue weighted by molar-refractivity contribution is 1.70. The van der Waals surface area contributed by atoms with E-state index >= 15 is 0 Å². The second kappa shape index (κ2) is 5.87. The molecule has 1 heterocycles. The Balaban J connectivity index is 1.80. The molecule has 0 aliphatic carbocycles. The standard InChI is InChI=1S/C24H16S/c1-3-11-19-17(7-1)9-5-13-21(19)23-15-16-25-24(23)22-14-6-10-18-8-2-4-12-20(18)22/h1-16H. The third kappa shape index (κ3) is 2.36. The predicted octanol–water partition coefficient (Wildman–Crippen LogP) is 7.39. The van der Waals surface area contributed by atoms with E-state index in [1.807, 2.05) is 11.3 Å². The van der Waals surface area contributed by atoms with Crippen molar-refractivity contribution >= 4 is 32.9 Å². The highest BCUT2D eigenvalue weighted by Gasteiger charge is 2.13. The highest BCUT2D eigenvalue weighted by Crippen LogP contribution is 2.42. The Kier molecular flexibility index (Phi) is 3.39. The van der Waals surface area contributed by atoms with Crippen molar-refractivity contribution in [2.75, 3.05) is 0 Å². The summed E-state index contributed by atoms with van der Waals surface area (Å²) in [6, 6.07) is 32.7. The summed E-state index contributed by atoms with van der Waals surface area (Å²) >= 11 is 1.82. The van der Waals surface area contributed by atoms with Crippen molar-refractivity contribution in [2.45, 2.75) is 0 Å². The molecule has 0 unspecified atom stereocenters. The van der Waals surface area contributed by atoms with E-state index in [0.717, 1.165) is 0 Å². The largest absolute Gasteiger partial charge is 0.143 e. The number of hydrogen-bond donors (Lipinski definition) is 0. The molecule has 0 N–H and O–H groups in total. The van der Waals surface area contributed by atoms with Crippen LogP contribution < -0.4 is 0 Å². The number of fused-ring (bicyclic) bond motifs is 2. The number of hydrogen-bond acceptors (Lipinski definition) is 1. The summed E-state index contributed by atoms with van der Waals surface area (Å²) < 4.78 is 0. The van der Waals surface area contributed by atoms with E-state index in [2.05, 4.69) is 96.4 Å². The second-order valence-electron chi connectivity index (χ2n) is 6.22. The van der Waals surface area contributed by atoms with Crippen LogP contribution in [0.3, 0.4) is 0 Å². The first-order chi connectivity index (χ1) is 12.4. The van der Waals surface area contributed by atoms with Crippen molar-refractivity contribution in [1.82, 2.24) is 0 Å². The zero-order valence-electron chi connectivity index (χ0n) is 13.6. The molecule has 1 aromatic heterocycles. The molecule has 0 amide bonds. The summed E-state index contributed by atoms with van der Waals surface area (Å²) in [6.45, 7) is 0. The summed E-state index contributed by atoms with van der Waals surface area (Å²) in [5, 5.41) is 7.40. The molecule has 0 atom stereocenters. The van der Waals surface area contributed by atoms with Gasteiger partial charge in [0.15, 0.2) is 0 Å². The maximum Gasteiger partial charge on any atom is 0.0427 e. The third-order valence-corrected chi connectivity index (χ3v) is 5.73. The molecule has 0 aliphatic heterocycles. The quantitative estimate of drug-likeness (QED) is 0.315. The molecule has 0 aliphatic rings. The molecular weight excluding hydrogens is 320 g/mol. The van der Waals surface area contributed by atoms with E-state index in [1.165, 1.54) is 43.1 Å². The SMILES string of the molecule is c1ccc2c(-c3ccsc3-c3cccc4ccccc34)cccc2c1.